The molecule has 0 aliphatic carbocycles. The Bertz CT molecular complexity index is 187. The fourth-order valence-electron chi connectivity index (χ4n) is 3.43. The highest BCUT2D eigenvalue weighted by molar-refractivity contribution is 5.01. The van der Waals surface area contributed by atoms with E-state index in [4.69, 9.17) is 9.84 Å². The largest absolute Gasteiger partial charge is 0.396 e. The van der Waals surface area contributed by atoms with Gasteiger partial charge in [0.15, 0.2) is 0 Å². The molecule has 0 amide bonds. The van der Waals surface area contributed by atoms with Crippen LogP contribution >= 0.6 is 0 Å². The number of aliphatic hydroxyl groups excluding tert-OH is 1. The average Bonchev–Trinajstić information content (AvgIpc) is 2.66. The SMILES string of the molecule is CCC1(CC)CCOC1(CC)CCCO. The summed E-state index contributed by atoms with van der Waals surface area (Å²) in [5.74, 6) is 0. The number of hydrogen-bond donors (Lipinski definition) is 1. The Morgan fingerprint density at radius 2 is 1.80 bits per heavy atom. The molecule has 0 saturated carbocycles. The van der Waals surface area contributed by atoms with Gasteiger partial charge in [0.2, 0.25) is 0 Å². The number of hydrogen-bond acceptors (Lipinski definition) is 2. The first kappa shape index (κ1) is 13.0. The second-order valence-electron chi connectivity index (χ2n) is 4.76. The molecule has 2 nitrogen and oxygen atoms in total. The summed E-state index contributed by atoms with van der Waals surface area (Å²) >= 11 is 0. The lowest BCUT2D eigenvalue weighted by Crippen LogP contribution is -2.44. The first-order valence-corrected chi connectivity index (χ1v) is 6.45. The Morgan fingerprint density at radius 3 is 2.27 bits per heavy atom. The van der Waals surface area contributed by atoms with Crippen LogP contribution in [-0.2, 0) is 4.74 Å². The fraction of sp³-hybridized carbons (Fsp3) is 1.00. The molecule has 0 spiro atoms. The van der Waals surface area contributed by atoms with Gasteiger partial charge in [-0.25, -0.2) is 0 Å². The van der Waals surface area contributed by atoms with Crippen molar-refractivity contribution in [3.8, 4) is 0 Å². The van der Waals surface area contributed by atoms with Gasteiger partial charge in [-0.2, -0.15) is 0 Å². The molecular weight excluding hydrogens is 188 g/mol. The molecule has 90 valence electrons. The Balaban J connectivity index is 2.84. The lowest BCUT2D eigenvalue weighted by atomic mass is 9.65. The summed E-state index contributed by atoms with van der Waals surface area (Å²) in [5, 5.41) is 9.00. The number of ether oxygens (including phenoxy) is 1. The van der Waals surface area contributed by atoms with Crippen LogP contribution in [0.15, 0.2) is 0 Å². The molecule has 0 aromatic carbocycles. The van der Waals surface area contributed by atoms with Crippen molar-refractivity contribution in [1.82, 2.24) is 0 Å². The molecule has 0 aromatic heterocycles. The van der Waals surface area contributed by atoms with Crippen LogP contribution in [0.3, 0.4) is 0 Å². The molecule has 2 heteroatoms. The molecule has 1 fully saturated rings. The van der Waals surface area contributed by atoms with Crippen molar-refractivity contribution < 1.29 is 9.84 Å². The van der Waals surface area contributed by atoms with E-state index in [1.54, 1.807) is 0 Å². The predicted octanol–water partition coefficient (Wildman–Crippen LogP) is 3.13. The molecule has 1 unspecified atom stereocenters. The van der Waals surface area contributed by atoms with E-state index in [9.17, 15) is 0 Å². The van der Waals surface area contributed by atoms with Gasteiger partial charge in [0.1, 0.15) is 0 Å². The summed E-state index contributed by atoms with van der Waals surface area (Å²) in [7, 11) is 0. The molecule has 1 saturated heterocycles. The predicted molar refractivity (Wildman–Crippen MR) is 62.9 cm³/mol. The Morgan fingerprint density at radius 1 is 1.13 bits per heavy atom. The van der Waals surface area contributed by atoms with Crippen molar-refractivity contribution >= 4 is 0 Å². The van der Waals surface area contributed by atoms with Crippen molar-refractivity contribution in [2.24, 2.45) is 5.41 Å². The van der Waals surface area contributed by atoms with E-state index in [0.29, 0.717) is 5.41 Å². The van der Waals surface area contributed by atoms with Crippen molar-refractivity contribution in [3.05, 3.63) is 0 Å². The molecule has 1 atom stereocenters. The Kier molecular flexibility index (Phi) is 4.60. The molecule has 0 aromatic rings. The Labute approximate surface area is 94.0 Å². The smallest absolute Gasteiger partial charge is 0.0737 e. The minimum absolute atomic E-state index is 0.0409. The second-order valence-corrected chi connectivity index (χ2v) is 4.76. The van der Waals surface area contributed by atoms with E-state index in [2.05, 4.69) is 20.8 Å². The van der Waals surface area contributed by atoms with Gasteiger partial charge in [-0.15, -0.1) is 0 Å². The monoisotopic (exact) mass is 214 g/mol. The molecule has 0 bridgehead atoms. The minimum Gasteiger partial charge on any atom is -0.396 e. The van der Waals surface area contributed by atoms with E-state index in [0.717, 1.165) is 25.9 Å². The molecule has 1 aliphatic rings. The topological polar surface area (TPSA) is 29.5 Å². The number of rotatable bonds is 6. The Hall–Kier alpha value is -0.0800. The summed E-state index contributed by atoms with van der Waals surface area (Å²) in [6.07, 6.45) is 6.55. The molecule has 1 heterocycles. The van der Waals surface area contributed by atoms with Gasteiger partial charge in [0, 0.05) is 18.6 Å². The summed E-state index contributed by atoms with van der Waals surface area (Å²) < 4.78 is 6.08. The van der Waals surface area contributed by atoms with Gasteiger partial charge in [0.05, 0.1) is 5.60 Å². The van der Waals surface area contributed by atoms with Gasteiger partial charge < -0.3 is 9.84 Å². The highest BCUT2D eigenvalue weighted by Crippen LogP contribution is 2.52. The minimum atomic E-state index is 0.0409. The van der Waals surface area contributed by atoms with Crippen molar-refractivity contribution in [3.63, 3.8) is 0 Å². The van der Waals surface area contributed by atoms with Gasteiger partial charge in [-0.05, 0) is 38.5 Å². The van der Waals surface area contributed by atoms with Crippen LogP contribution in [0.2, 0.25) is 0 Å². The van der Waals surface area contributed by atoms with Gasteiger partial charge >= 0.3 is 0 Å². The van der Waals surface area contributed by atoms with Crippen molar-refractivity contribution in [1.29, 1.82) is 0 Å². The molecule has 0 radical (unpaired) electrons. The molecule has 15 heavy (non-hydrogen) atoms. The van der Waals surface area contributed by atoms with Crippen LogP contribution in [0.1, 0.15) is 59.3 Å². The third-order valence-electron chi connectivity index (χ3n) is 4.59. The van der Waals surface area contributed by atoms with Gasteiger partial charge in [-0.1, -0.05) is 20.8 Å². The normalized spacial score (nSPS) is 29.6. The van der Waals surface area contributed by atoms with Gasteiger partial charge in [0.25, 0.3) is 0 Å². The van der Waals surface area contributed by atoms with Crippen LogP contribution < -0.4 is 0 Å². The standard InChI is InChI=1S/C13H26O2/c1-4-12(5-2)9-11-15-13(12,6-3)8-7-10-14/h14H,4-11H2,1-3H3. The zero-order valence-corrected chi connectivity index (χ0v) is 10.5. The maximum absolute atomic E-state index is 9.00. The molecule has 1 rings (SSSR count). The van der Waals surface area contributed by atoms with E-state index in [1.807, 2.05) is 0 Å². The van der Waals surface area contributed by atoms with Crippen molar-refractivity contribution in [2.45, 2.75) is 64.9 Å². The summed E-state index contributed by atoms with van der Waals surface area (Å²) in [6, 6.07) is 0. The summed E-state index contributed by atoms with van der Waals surface area (Å²) in [4.78, 5) is 0. The van der Waals surface area contributed by atoms with Crippen LogP contribution in [0.5, 0.6) is 0 Å². The maximum Gasteiger partial charge on any atom is 0.0737 e. The van der Waals surface area contributed by atoms with Crippen LogP contribution in [0.25, 0.3) is 0 Å². The maximum atomic E-state index is 9.00. The molecule has 1 aliphatic heterocycles. The van der Waals surface area contributed by atoms with E-state index < -0.39 is 0 Å². The van der Waals surface area contributed by atoms with E-state index in [-0.39, 0.29) is 12.2 Å². The molecule has 1 N–H and O–H groups in total. The highest BCUT2D eigenvalue weighted by atomic mass is 16.5. The van der Waals surface area contributed by atoms with Crippen LogP contribution in [0, 0.1) is 5.41 Å². The molecular formula is C13H26O2. The van der Waals surface area contributed by atoms with Gasteiger partial charge in [-0.3, -0.25) is 0 Å². The first-order valence-electron chi connectivity index (χ1n) is 6.45. The highest BCUT2D eigenvalue weighted by Gasteiger charge is 2.52. The van der Waals surface area contributed by atoms with Crippen molar-refractivity contribution in [2.75, 3.05) is 13.2 Å². The van der Waals surface area contributed by atoms with Crippen LogP contribution in [0.4, 0.5) is 0 Å². The fourth-order valence-corrected chi connectivity index (χ4v) is 3.43. The average molecular weight is 214 g/mol. The third-order valence-corrected chi connectivity index (χ3v) is 4.59. The number of aliphatic hydroxyl groups is 1. The first-order chi connectivity index (χ1) is 7.20. The summed E-state index contributed by atoms with van der Waals surface area (Å²) in [6.45, 7) is 7.97. The van der Waals surface area contributed by atoms with E-state index >= 15 is 0 Å². The zero-order chi connectivity index (χ0) is 11.4. The zero-order valence-electron chi connectivity index (χ0n) is 10.5. The van der Waals surface area contributed by atoms with Crippen LogP contribution in [-0.4, -0.2) is 23.9 Å². The lowest BCUT2D eigenvalue weighted by molar-refractivity contribution is -0.0800. The summed E-state index contributed by atoms with van der Waals surface area (Å²) in [5.41, 5.74) is 0.399. The lowest BCUT2D eigenvalue weighted by Gasteiger charge is -2.44. The third kappa shape index (κ3) is 2.07. The van der Waals surface area contributed by atoms with E-state index in [1.165, 1.54) is 19.3 Å². The quantitative estimate of drug-likeness (QED) is 0.736. The second kappa shape index (κ2) is 5.31.